The number of aliphatic hydroxyl groups is 9. The maximum Gasteiger partial charge on any atom is 0.187 e. The van der Waals surface area contributed by atoms with Crippen LogP contribution in [-0.4, -0.2) is 138 Å². The van der Waals surface area contributed by atoms with Gasteiger partial charge in [0.05, 0.1) is 36.6 Å². The van der Waals surface area contributed by atoms with Gasteiger partial charge in [-0.1, -0.05) is 46.3 Å². The molecule has 2 aliphatic heterocycles. The van der Waals surface area contributed by atoms with E-state index in [2.05, 4.69) is 40.7 Å². The summed E-state index contributed by atoms with van der Waals surface area (Å²) in [5.74, 6) is -0.526. The number of allylic oxidation sites excluding steroid dienone is 2. The molecule has 4 aliphatic carbocycles. The van der Waals surface area contributed by atoms with Gasteiger partial charge in [0.25, 0.3) is 0 Å². The van der Waals surface area contributed by atoms with Crippen LogP contribution in [0.2, 0.25) is 0 Å². The molecule has 6 fully saturated rings. The van der Waals surface area contributed by atoms with Crippen molar-refractivity contribution in [3.63, 3.8) is 0 Å². The summed E-state index contributed by atoms with van der Waals surface area (Å²) in [6, 6.07) is 0. The van der Waals surface area contributed by atoms with E-state index in [1.54, 1.807) is 0 Å². The van der Waals surface area contributed by atoms with E-state index in [1.807, 2.05) is 20.8 Å². The molecule has 2 saturated heterocycles. The van der Waals surface area contributed by atoms with E-state index >= 15 is 0 Å². The van der Waals surface area contributed by atoms with Crippen LogP contribution in [0.5, 0.6) is 0 Å². The maximum absolute atomic E-state index is 12.3. The molecular formula is C42H72O13. The van der Waals surface area contributed by atoms with Crippen molar-refractivity contribution in [3.8, 4) is 0 Å². The van der Waals surface area contributed by atoms with Crippen LogP contribution in [0, 0.1) is 45.3 Å². The Morgan fingerprint density at radius 2 is 1.49 bits per heavy atom. The van der Waals surface area contributed by atoms with Gasteiger partial charge in [0.2, 0.25) is 0 Å². The maximum atomic E-state index is 12.3. The Hall–Kier alpha value is -0.780. The van der Waals surface area contributed by atoms with Gasteiger partial charge in [-0.15, -0.1) is 0 Å². The molecule has 13 heteroatoms. The van der Waals surface area contributed by atoms with Crippen LogP contribution in [0.1, 0.15) is 114 Å². The van der Waals surface area contributed by atoms with E-state index in [4.69, 9.17) is 18.9 Å². The highest BCUT2D eigenvalue weighted by atomic mass is 16.8. The fraction of sp³-hybridized carbons (Fsp3) is 0.952. The van der Waals surface area contributed by atoms with Crippen LogP contribution in [0.3, 0.4) is 0 Å². The Morgan fingerprint density at radius 3 is 2.13 bits per heavy atom. The number of rotatable bonds is 9. The Balaban J connectivity index is 1.38. The van der Waals surface area contributed by atoms with Crippen molar-refractivity contribution in [3.05, 3.63) is 11.6 Å². The smallest absolute Gasteiger partial charge is 0.187 e. The van der Waals surface area contributed by atoms with Gasteiger partial charge in [-0.05, 0) is 124 Å². The van der Waals surface area contributed by atoms with Gasteiger partial charge in [0, 0.05) is 0 Å². The number of aliphatic hydroxyl groups excluding tert-OH is 8. The van der Waals surface area contributed by atoms with Crippen molar-refractivity contribution in [1.82, 2.24) is 0 Å². The molecule has 0 spiro atoms. The van der Waals surface area contributed by atoms with E-state index in [9.17, 15) is 46.0 Å². The monoisotopic (exact) mass is 784 g/mol. The summed E-state index contributed by atoms with van der Waals surface area (Å²) in [6.07, 6.45) is -8.99. The first-order valence-electron chi connectivity index (χ1n) is 20.8. The zero-order valence-electron chi connectivity index (χ0n) is 34.4. The first-order chi connectivity index (χ1) is 25.5. The summed E-state index contributed by atoms with van der Waals surface area (Å²) in [5, 5.41) is 100. The van der Waals surface area contributed by atoms with Crippen molar-refractivity contribution in [1.29, 1.82) is 0 Å². The fourth-order valence-electron chi connectivity index (χ4n) is 13.3. The van der Waals surface area contributed by atoms with Crippen LogP contribution in [0.4, 0.5) is 0 Å². The average Bonchev–Trinajstić information content (AvgIpc) is 3.49. The highest BCUT2D eigenvalue weighted by molar-refractivity contribution is 5.22. The summed E-state index contributed by atoms with van der Waals surface area (Å²) in [7, 11) is 0. The van der Waals surface area contributed by atoms with E-state index in [-0.39, 0.29) is 23.7 Å². The van der Waals surface area contributed by atoms with Crippen LogP contribution in [0.15, 0.2) is 11.6 Å². The van der Waals surface area contributed by atoms with Gasteiger partial charge in [-0.3, -0.25) is 0 Å². The van der Waals surface area contributed by atoms with Crippen molar-refractivity contribution >= 4 is 0 Å². The predicted octanol–water partition coefficient (Wildman–Crippen LogP) is 2.15. The molecule has 0 aromatic carbocycles. The minimum atomic E-state index is -1.70. The lowest BCUT2D eigenvalue weighted by atomic mass is 9.34. The first kappa shape index (κ1) is 43.8. The molecule has 0 bridgehead atoms. The summed E-state index contributed by atoms with van der Waals surface area (Å²) >= 11 is 0. The van der Waals surface area contributed by atoms with Gasteiger partial charge in [0.15, 0.2) is 12.6 Å². The van der Waals surface area contributed by atoms with Crippen molar-refractivity contribution in [2.75, 3.05) is 6.61 Å². The van der Waals surface area contributed by atoms with Crippen LogP contribution >= 0.6 is 0 Å². The molecule has 13 nitrogen and oxygen atoms in total. The largest absolute Gasteiger partial charge is 0.394 e. The van der Waals surface area contributed by atoms with Crippen molar-refractivity contribution < 1.29 is 64.9 Å². The third-order valence-electron chi connectivity index (χ3n) is 16.5. The zero-order chi connectivity index (χ0) is 40.8. The molecule has 6 aliphatic rings. The molecule has 15 unspecified atom stereocenters. The Bertz CT molecular complexity index is 1390. The summed E-state index contributed by atoms with van der Waals surface area (Å²) in [4.78, 5) is 0. The fourth-order valence-corrected chi connectivity index (χ4v) is 13.3. The molecule has 0 radical (unpaired) electrons. The lowest BCUT2D eigenvalue weighted by Gasteiger charge is -2.72. The third kappa shape index (κ3) is 7.10. The van der Waals surface area contributed by atoms with Gasteiger partial charge in [-0.2, -0.15) is 0 Å². The molecule has 0 aromatic rings. The minimum Gasteiger partial charge on any atom is -0.394 e. The predicted molar refractivity (Wildman–Crippen MR) is 201 cm³/mol. The lowest BCUT2D eigenvalue weighted by Crippen LogP contribution is -2.71. The van der Waals surface area contributed by atoms with Gasteiger partial charge in [-0.25, -0.2) is 0 Å². The molecule has 21 atom stereocenters. The Morgan fingerprint density at radius 1 is 0.818 bits per heavy atom. The SMILES string of the molecule is CC(C)=CCC[C@](C)(O)C1CC[C@]2(C)C1C(O)CC1[C@@]3(C)CCC(O)C(C)(C)C3C(O[C@@H]3OC(CO)C(O)C(O)C3O[C@@H]3OC(C)C(O)C(O)C3O)C[C@]12C. The van der Waals surface area contributed by atoms with Crippen LogP contribution in [0.25, 0.3) is 0 Å². The van der Waals surface area contributed by atoms with Crippen molar-refractivity contribution in [2.45, 2.75) is 199 Å². The standard InChI is InChI=1S/C42H72O13/c1-20(2)11-10-14-42(9,51)22-12-16-40(7)28(22)23(44)17-26-39(6)15-13-27(45)38(4,5)35(39)24(18-41(26,40)8)53-37-34(32(49)30(47)25(19-43)54-37)55-36-33(50)31(48)29(46)21(3)52-36/h11,21-37,43-51H,10,12-19H2,1-9H3/t21?,22?,23?,24?,25?,26?,27?,28?,29?,30?,31?,32?,33?,34?,35?,36-,37+,39+,40+,41+,42-/m0/s1. The molecule has 4 saturated carbocycles. The second-order valence-electron chi connectivity index (χ2n) is 20.3. The normalized spacial score (nSPS) is 53.4. The van der Waals surface area contributed by atoms with Gasteiger partial charge >= 0.3 is 0 Å². The van der Waals surface area contributed by atoms with Crippen molar-refractivity contribution in [2.24, 2.45) is 45.3 Å². The highest BCUT2D eigenvalue weighted by Gasteiger charge is 2.73. The molecule has 318 valence electrons. The molecule has 55 heavy (non-hydrogen) atoms. The molecule has 0 aromatic heterocycles. The zero-order valence-corrected chi connectivity index (χ0v) is 34.4. The molecular weight excluding hydrogens is 712 g/mol. The number of fused-ring (bicyclic) bond motifs is 5. The van der Waals surface area contributed by atoms with E-state index in [0.717, 1.165) is 19.3 Å². The molecule has 6 rings (SSSR count). The third-order valence-corrected chi connectivity index (χ3v) is 16.5. The average molecular weight is 785 g/mol. The van der Waals surface area contributed by atoms with E-state index < -0.39 is 114 Å². The number of hydrogen-bond acceptors (Lipinski definition) is 13. The highest BCUT2D eigenvalue weighted by Crippen LogP contribution is 2.76. The number of hydrogen-bond donors (Lipinski definition) is 9. The minimum absolute atomic E-state index is 0.0411. The Labute approximate surface area is 327 Å². The molecule has 2 heterocycles. The molecule has 9 N–H and O–H groups in total. The van der Waals surface area contributed by atoms with Crippen LogP contribution < -0.4 is 0 Å². The quantitative estimate of drug-likeness (QED) is 0.121. The van der Waals surface area contributed by atoms with E-state index in [0.29, 0.717) is 32.1 Å². The topological polar surface area (TPSA) is 219 Å². The summed E-state index contributed by atoms with van der Waals surface area (Å²) < 4.78 is 25.1. The second-order valence-corrected chi connectivity index (χ2v) is 20.3. The first-order valence-corrected chi connectivity index (χ1v) is 20.8. The van der Waals surface area contributed by atoms with Crippen LogP contribution in [-0.2, 0) is 18.9 Å². The summed E-state index contributed by atoms with van der Waals surface area (Å²) in [6.45, 7) is 17.8. The summed E-state index contributed by atoms with van der Waals surface area (Å²) in [5.41, 5.74) is -1.71. The Kier molecular flexibility index (Phi) is 12.2. The second kappa shape index (κ2) is 15.4. The van der Waals surface area contributed by atoms with Gasteiger partial charge in [0.1, 0.15) is 42.7 Å². The van der Waals surface area contributed by atoms with Gasteiger partial charge < -0.3 is 64.9 Å². The number of ether oxygens (including phenoxy) is 4. The molecule has 0 amide bonds. The van der Waals surface area contributed by atoms with E-state index in [1.165, 1.54) is 12.5 Å². The lowest BCUT2D eigenvalue weighted by molar-refractivity contribution is -0.382.